The number of aliphatic hydroxyl groups is 1. The van der Waals surface area contributed by atoms with E-state index in [4.69, 9.17) is 0 Å². The lowest BCUT2D eigenvalue weighted by molar-refractivity contribution is -0.277. The minimum atomic E-state index is -0.599. The van der Waals surface area contributed by atoms with Gasteiger partial charge in [-0.25, -0.2) is 0 Å². The molecule has 9 rings (SSSR count). The molecule has 0 atom stereocenters. The molecule has 1 aromatic carbocycles. The highest BCUT2D eigenvalue weighted by Gasteiger charge is 2.70. The molecule has 1 N–H and O–H groups in total. The molecule has 1 heteroatoms. The van der Waals surface area contributed by atoms with E-state index < -0.39 is 5.60 Å². The normalized spacial score (nSPS) is 51.4. The molecule has 0 heterocycles. The Morgan fingerprint density at radius 1 is 0.690 bits per heavy atom. The minimum Gasteiger partial charge on any atom is -0.384 e. The summed E-state index contributed by atoms with van der Waals surface area (Å²) in [6.07, 6.45) is 16.6. The maximum absolute atomic E-state index is 13.3. The van der Waals surface area contributed by atoms with Crippen molar-refractivity contribution in [2.45, 2.75) is 89.6 Å². The van der Waals surface area contributed by atoms with Gasteiger partial charge in [0.25, 0.3) is 0 Å². The van der Waals surface area contributed by atoms with E-state index >= 15 is 0 Å². The van der Waals surface area contributed by atoms with Crippen LogP contribution in [0, 0.1) is 53.3 Å². The van der Waals surface area contributed by atoms with Gasteiger partial charge in [-0.1, -0.05) is 29.8 Å². The third kappa shape index (κ3) is 2.27. The fourth-order valence-electron chi connectivity index (χ4n) is 11.2. The average molecular weight is 391 g/mol. The van der Waals surface area contributed by atoms with Crippen LogP contribution in [0.2, 0.25) is 0 Å². The molecule has 0 spiro atoms. The third-order valence-electron chi connectivity index (χ3n) is 11.0. The summed E-state index contributed by atoms with van der Waals surface area (Å²) >= 11 is 0. The van der Waals surface area contributed by atoms with Gasteiger partial charge in [-0.3, -0.25) is 0 Å². The van der Waals surface area contributed by atoms with Gasteiger partial charge in [-0.05, 0) is 125 Å². The molecule has 0 radical (unpaired) electrons. The molecule has 29 heavy (non-hydrogen) atoms. The highest BCUT2D eigenvalue weighted by molar-refractivity contribution is 5.35. The Labute approximate surface area is 176 Å². The lowest BCUT2D eigenvalue weighted by Gasteiger charge is -2.71. The second kappa shape index (κ2) is 5.70. The lowest BCUT2D eigenvalue weighted by atomic mass is 9.35. The Morgan fingerprint density at radius 2 is 1.07 bits per heavy atom. The molecule has 8 fully saturated rings. The Bertz CT molecular complexity index is 720. The summed E-state index contributed by atoms with van der Waals surface area (Å²) < 4.78 is 0. The molecule has 8 aliphatic carbocycles. The zero-order valence-electron chi connectivity index (χ0n) is 18.2. The quantitative estimate of drug-likeness (QED) is 0.615. The first-order valence-corrected chi connectivity index (χ1v) is 12.8. The molecule has 156 valence electrons. The Kier molecular flexibility index (Phi) is 3.50. The van der Waals surface area contributed by atoms with E-state index in [0.29, 0.717) is 0 Å². The summed E-state index contributed by atoms with van der Waals surface area (Å²) in [5, 5.41) is 13.3. The van der Waals surface area contributed by atoms with Crippen molar-refractivity contribution in [1.29, 1.82) is 0 Å². The second-order valence-corrected chi connectivity index (χ2v) is 13.0. The second-order valence-electron chi connectivity index (χ2n) is 13.0. The molecule has 0 aliphatic heterocycles. The van der Waals surface area contributed by atoms with Crippen molar-refractivity contribution in [3.63, 3.8) is 0 Å². The van der Waals surface area contributed by atoms with Crippen LogP contribution < -0.4 is 0 Å². The molecule has 1 nitrogen and oxygen atoms in total. The lowest BCUT2D eigenvalue weighted by Crippen LogP contribution is -2.66. The molecule has 0 unspecified atom stereocenters. The predicted octanol–water partition coefficient (Wildman–Crippen LogP) is 6.62. The van der Waals surface area contributed by atoms with Gasteiger partial charge >= 0.3 is 0 Å². The molecule has 0 saturated heterocycles. The van der Waals surface area contributed by atoms with E-state index in [1.807, 2.05) is 0 Å². The van der Waals surface area contributed by atoms with Crippen molar-refractivity contribution in [1.82, 2.24) is 0 Å². The van der Waals surface area contributed by atoms with Crippen molar-refractivity contribution in [2.24, 2.45) is 46.3 Å². The van der Waals surface area contributed by atoms with Gasteiger partial charge in [0.2, 0.25) is 0 Å². The first kappa shape index (κ1) is 17.8. The molecule has 0 aromatic heterocycles. The van der Waals surface area contributed by atoms with E-state index in [9.17, 15) is 5.11 Å². The highest BCUT2D eigenvalue weighted by atomic mass is 16.3. The highest BCUT2D eigenvalue weighted by Crippen LogP contribution is 2.75. The van der Waals surface area contributed by atoms with E-state index in [2.05, 4.69) is 31.2 Å². The zero-order valence-corrected chi connectivity index (χ0v) is 18.2. The summed E-state index contributed by atoms with van der Waals surface area (Å²) in [6, 6.07) is 9.17. The molecule has 1 aromatic rings. The molecule has 0 amide bonds. The van der Waals surface area contributed by atoms with Crippen LogP contribution in [0.5, 0.6) is 0 Å². The van der Waals surface area contributed by atoms with Crippen molar-refractivity contribution >= 4 is 0 Å². The van der Waals surface area contributed by atoms with Crippen LogP contribution >= 0.6 is 0 Å². The van der Waals surface area contributed by atoms with Crippen LogP contribution in [0.1, 0.15) is 88.2 Å². The number of rotatable bonds is 3. The smallest absolute Gasteiger partial charge is 0.101 e. The fourth-order valence-corrected chi connectivity index (χ4v) is 11.2. The number of hydrogen-bond donors (Lipinski definition) is 1. The molecule has 8 aliphatic rings. The SMILES string of the molecule is Cc1cccc(C(O)(C23CC4CC(CC(C4)C2)C3)C23CC4CC(CC(C4)C2)C3)c1. The Morgan fingerprint density at radius 3 is 1.41 bits per heavy atom. The van der Waals surface area contributed by atoms with Gasteiger partial charge in [0.1, 0.15) is 5.60 Å². The monoisotopic (exact) mass is 390 g/mol. The van der Waals surface area contributed by atoms with Crippen molar-refractivity contribution < 1.29 is 5.11 Å². The summed E-state index contributed by atoms with van der Waals surface area (Å²) in [5.41, 5.74) is 2.34. The minimum absolute atomic E-state index is 0.154. The summed E-state index contributed by atoms with van der Waals surface area (Å²) in [4.78, 5) is 0. The van der Waals surface area contributed by atoms with E-state index in [-0.39, 0.29) is 10.8 Å². The number of benzene rings is 1. The van der Waals surface area contributed by atoms with Crippen molar-refractivity contribution in [3.05, 3.63) is 35.4 Å². The van der Waals surface area contributed by atoms with E-state index in [0.717, 1.165) is 35.5 Å². The van der Waals surface area contributed by atoms with Crippen LogP contribution in [0.4, 0.5) is 0 Å². The largest absolute Gasteiger partial charge is 0.384 e. The summed E-state index contributed by atoms with van der Waals surface area (Å²) in [5.74, 6) is 5.37. The summed E-state index contributed by atoms with van der Waals surface area (Å²) in [7, 11) is 0. The van der Waals surface area contributed by atoms with Crippen LogP contribution in [0.25, 0.3) is 0 Å². The van der Waals surface area contributed by atoms with Gasteiger partial charge < -0.3 is 5.11 Å². The number of hydrogen-bond acceptors (Lipinski definition) is 1. The van der Waals surface area contributed by atoms with Crippen molar-refractivity contribution in [3.8, 4) is 0 Å². The predicted molar refractivity (Wildman–Crippen MR) is 116 cm³/mol. The number of aryl methyl sites for hydroxylation is 1. The molecular weight excluding hydrogens is 352 g/mol. The van der Waals surface area contributed by atoms with E-state index in [1.54, 1.807) is 0 Å². The molecular formula is C28H38O. The van der Waals surface area contributed by atoms with Crippen LogP contribution in [-0.4, -0.2) is 5.11 Å². The van der Waals surface area contributed by atoms with Gasteiger partial charge in [0.15, 0.2) is 0 Å². The topological polar surface area (TPSA) is 20.2 Å². The van der Waals surface area contributed by atoms with E-state index in [1.165, 1.54) is 88.2 Å². The van der Waals surface area contributed by atoms with Crippen LogP contribution in [0.15, 0.2) is 24.3 Å². The average Bonchev–Trinajstić information content (AvgIpc) is 2.65. The van der Waals surface area contributed by atoms with Gasteiger partial charge in [-0.15, -0.1) is 0 Å². The maximum atomic E-state index is 13.3. The Balaban J connectivity index is 1.43. The van der Waals surface area contributed by atoms with Crippen LogP contribution in [-0.2, 0) is 5.60 Å². The maximum Gasteiger partial charge on any atom is 0.101 e. The first-order chi connectivity index (χ1) is 14.0. The third-order valence-corrected chi connectivity index (χ3v) is 11.0. The Hall–Kier alpha value is -0.820. The fraction of sp³-hybridized carbons (Fsp3) is 0.786. The van der Waals surface area contributed by atoms with Gasteiger partial charge in [0, 0.05) is 10.8 Å². The standard InChI is InChI=1S/C28H38O/c1-18-3-2-4-25(5-18)28(29,26-12-19-6-20(13-26)8-21(7-19)14-26)27-15-22-9-23(16-27)11-24(10-22)17-27/h2-5,19-24,29H,6-17H2,1H3. The first-order valence-electron chi connectivity index (χ1n) is 12.8. The summed E-state index contributed by atoms with van der Waals surface area (Å²) in [6.45, 7) is 2.23. The van der Waals surface area contributed by atoms with Gasteiger partial charge in [0.05, 0.1) is 0 Å². The zero-order chi connectivity index (χ0) is 19.4. The molecule has 8 saturated carbocycles. The molecule has 8 bridgehead atoms. The van der Waals surface area contributed by atoms with Crippen molar-refractivity contribution in [2.75, 3.05) is 0 Å². The van der Waals surface area contributed by atoms with Gasteiger partial charge in [-0.2, -0.15) is 0 Å². The van der Waals surface area contributed by atoms with Crippen LogP contribution in [0.3, 0.4) is 0 Å².